The molecular weight excluding hydrogens is 613 g/mol. The fraction of sp³-hybridized carbons (Fsp3) is 0.0667. The highest BCUT2D eigenvalue weighted by Gasteiger charge is 2.51. The van der Waals surface area contributed by atoms with Gasteiger partial charge in [-0.3, -0.25) is 0 Å². The first-order chi connectivity index (χ1) is 24.7. The first-order valence-corrected chi connectivity index (χ1v) is 16.9. The standard InChI is InChI=1S/C45H28N4O/c46-27-28-21-24-41-39(25-28)45(37-19-8-9-20-40(37)50-41)36-18-7-6-16-33(36)34-23-22-31(26-38(34)45)43-47-42(30-12-2-1-3-13-30)48-44(49-43)35-17-10-14-29-11-4-5-15-32(29)35/h1-3,5-10,12-26H,4,11H2. The number of nitrogens with zero attached hydrogens (tertiary/aromatic N) is 4. The molecule has 6 aromatic carbocycles. The molecule has 2 heterocycles. The molecule has 0 bridgehead atoms. The van der Waals surface area contributed by atoms with E-state index in [1.54, 1.807) is 0 Å². The summed E-state index contributed by atoms with van der Waals surface area (Å²) in [5.41, 5.74) is 11.7. The van der Waals surface area contributed by atoms with Gasteiger partial charge in [0.2, 0.25) is 0 Å². The van der Waals surface area contributed by atoms with E-state index in [4.69, 9.17) is 19.7 Å². The van der Waals surface area contributed by atoms with Crippen LogP contribution in [-0.4, -0.2) is 15.0 Å². The van der Waals surface area contributed by atoms with Gasteiger partial charge in [0, 0.05) is 27.8 Å². The van der Waals surface area contributed by atoms with Crippen LogP contribution in [0.25, 0.3) is 51.4 Å². The van der Waals surface area contributed by atoms with Crippen molar-refractivity contribution in [3.63, 3.8) is 0 Å². The molecule has 50 heavy (non-hydrogen) atoms. The third-order valence-corrected chi connectivity index (χ3v) is 10.3. The number of fused-ring (bicyclic) bond motifs is 10. The molecule has 1 spiro atoms. The Hall–Kier alpha value is -6.64. The second-order valence-electron chi connectivity index (χ2n) is 13.0. The van der Waals surface area contributed by atoms with Crippen molar-refractivity contribution >= 4 is 6.08 Å². The Labute approximate surface area is 289 Å². The summed E-state index contributed by atoms with van der Waals surface area (Å²) in [4.78, 5) is 15.4. The summed E-state index contributed by atoms with van der Waals surface area (Å²) in [5, 5.41) is 10.0. The Kier molecular flexibility index (Phi) is 6.21. The molecule has 2 aliphatic carbocycles. The average molecular weight is 641 g/mol. The van der Waals surface area contributed by atoms with Crippen LogP contribution < -0.4 is 4.74 Å². The Morgan fingerprint density at radius 1 is 0.560 bits per heavy atom. The lowest BCUT2D eigenvalue weighted by Crippen LogP contribution is -2.32. The lowest BCUT2D eigenvalue weighted by Gasteiger charge is -2.39. The molecular formula is C45H28N4O. The minimum atomic E-state index is -0.722. The molecule has 0 amide bonds. The maximum Gasteiger partial charge on any atom is 0.164 e. The largest absolute Gasteiger partial charge is 0.457 e. The maximum atomic E-state index is 10.0. The van der Waals surface area contributed by atoms with E-state index in [-0.39, 0.29) is 0 Å². The van der Waals surface area contributed by atoms with Gasteiger partial charge in [-0.2, -0.15) is 5.26 Å². The zero-order chi connectivity index (χ0) is 33.2. The SMILES string of the molecule is N#Cc1ccc2c(c1)C1(c3ccccc3O2)c2ccccc2-c2ccc(-c3nc(-c4ccccc4)nc(-c4cccc5c4C=CCC5)n3)cc21. The van der Waals surface area contributed by atoms with Gasteiger partial charge in [-0.05, 0) is 76.6 Å². The quantitative estimate of drug-likeness (QED) is 0.192. The van der Waals surface area contributed by atoms with Crippen molar-refractivity contribution in [2.45, 2.75) is 18.3 Å². The number of ether oxygens (including phenoxy) is 1. The molecule has 1 unspecified atom stereocenters. The molecule has 0 saturated carbocycles. The third kappa shape index (κ3) is 4.09. The van der Waals surface area contributed by atoms with Crippen LogP contribution in [0.4, 0.5) is 0 Å². The Morgan fingerprint density at radius 2 is 1.28 bits per heavy atom. The van der Waals surface area contributed by atoms with Gasteiger partial charge in [0.1, 0.15) is 11.5 Å². The average Bonchev–Trinajstić information content (AvgIpc) is 3.48. The van der Waals surface area contributed by atoms with Crippen molar-refractivity contribution < 1.29 is 4.74 Å². The predicted octanol–water partition coefficient (Wildman–Crippen LogP) is 10.2. The Morgan fingerprint density at radius 3 is 2.16 bits per heavy atom. The second kappa shape index (κ2) is 10.9. The van der Waals surface area contributed by atoms with Gasteiger partial charge < -0.3 is 4.74 Å². The monoisotopic (exact) mass is 640 g/mol. The number of hydrogen-bond acceptors (Lipinski definition) is 5. The molecule has 7 aromatic rings. The first-order valence-electron chi connectivity index (χ1n) is 16.9. The van der Waals surface area contributed by atoms with Gasteiger partial charge in [0.25, 0.3) is 0 Å². The minimum absolute atomic E-state index is 0.586. The molecule has 0 saturated heterocycles. The Balaban J connectivity index is 1.26. The van der Waals surface area contributed by atoms with Crippen molar-refractivity contribution in [3.8, 4) is 62.9 Å². The van der Waals surface area contributed by atoms with Crippen LogP contribution in [0, 0.1) is 11.3 Å². The zero-order valence-corrected chi connectivity index (χ0v) is 27.0. The van der Waals surface area contributed by atoms with E-state index in [1.807, 2.05) is 60.7 Å². The molecule has 5 nitrogen and oxygen atoms in total. The lowest BCUT2D eigenvalue weighted by molar-refractivity contribution is 0.436. The molecule has 1 atom stereocenters. The molecule has 1 aliphatic heterocycles. The second-order valence-corrected chi connectivity index (χ2v) is 13.0. The van der Waals surface area contributed by atoms with Crippen LogP contribution in [-0.2, 0) is 11.8 Å². The highest BCUT2D eigenvalue weighted by atomic mass is 16.5. The number of hydrogen-bond donors (Lipinski definition) is 0. The first kappa shape index (κ1) is 28.4. The van der Waals surface area contributed by atoms with Crippen LogP contribution in [0.5, 0.6) is 11.5 Å². The van der Waals surface area contributed by atoms with Crippen molar-refractivity contribution in [1.82, 2.24) is 15.0 Å². The number of aryl methyl sites for hydroxylation is 1. The van der Waals surface area contributed by atoms with Crippen molar-refractivity contribution in [2.24, 2.45) is 0 Å². The summed E-state index contributed by atoms with van der Waals surface area (Å²) in [6, 6.07) is 48.0. The van der Waals surface area contributed by atoms with E-state index in [0.29, 0.717) is 23.0 Å². The normalized spacial score (nSPS) is 16.0. The molecule has 10 rings (SSSR count). The molecule has 0 fully saturated rings. The van der Waals surface area contributed by atoms with Gasteiger partial charge in [0.15, 0.2) is 17.5 Å². The van der Waals surface area contributed by atoms with Crippen molar-refractivity contribution in [3.05, 3.63) is 178 Å². The van der Waals surface area contributed by atoms with Gasteiger partial charge in [0.05, 0.1) is 17.0 Å². The number of para-hydroxylation sites is 1. The van der Waals surface area contributed by atoms with Gasteiger partial charge in [-0.25, -0.2) is 15.0 Å². The lowest BCUT2D eigenvalue weighted by atomic mass is 9.65. The number of nitriles is 1. The predicted molar refractivity (Wildman–Crippen MR) is 196 cm³/mol. The van der Waals surface area contributed by atoms with Gasteiger partial charge in [-0.15, -0.1) is 0 Å². The van der Waals surface area contributed by atoms with E-state index < -0.39 is 5.41 Å². The number of benzene rings is 6. The van der Waals surface area contributed by atoms with E-state index in [2.05, 4.69) is 91.0 Å². The van der Waals surface area contributed by atoms with Crippen LogP contribution in [0.1, 0.15) is 45.4 Å². The summed E-state index contributed by atoms with van der Waals surface area (Å²) in [6.07, 6.45) is 6.45. The van der Waals surface area contributed by atoms with Crippen LogP contribution >= 0.6 is 0 Å². The molecule has 5 heteroatoms. The molecule has 1 aromatic heterocycles. The van der Waals surface area contributed by atoms with Gasteiger partial charge in [-0.1, -0.05) is 115 Å². The highest BCUT2D eigenvalue weighted by molar-refractivity contribution is 5.90. The summed E-state index contributed by atoms with van der Waals surface area (Å²) in [6.45, 7) is 0. The van der Waals surface area contributed by atoms with E-state index in [9.17, 15) is 5.26 Å². The summed E-state index contributed by atoms with van der Waals surface area (Å²) in [5.74, 6) is 3.42. The molecule has 0 radical (unpaired) electrons. The van der Waals surface area contributed by atoms with Crippen molar-refractivity contribution in [1.29, 1.82) is 5.26 Å². The number of aromatic nitrogens is 3. The minimum Gasteiger partial charge on any atom is -0.457 e. The van der Waals surface area contributed by atoms with Crippen molar-refractivity contribution in [2.75, 3.05) is 0 Å². The Bertz CT molecular complexity index is 2600. The highest BCUT2D eigenvalue weighted by Crippen LogP contribution is 2.62. The molecule has 0 N–H and O–H groups in total. The zero-order valence-electron chi connectivity index (χ0n) is 27.0. The fourth-order valence-electron chi connectivity index (χ4n) is 8.11. The van der Waals surface area contributed by atoms with Crippen LogP contribution in [0.2, 0.25) is 0 Å². The third-order valence-electron chi connectivity index (χ3n) is 10.3. The van der Waals surface area contributed by atoms with Crippen LogP contribution in [0.3, 0.4) is 0 Å². The molecule has 3 aliphatic rings. The topological polar surface area (TPSA) is 71.7 Å². The fourth-order valence-corrected chi connectivity index (χ4v) is 8.11. The maximum absolute atomic E-state index is 10.0. The van der Waals surface area contributed by atoms with E-state index in [0.717, 1.165) is 74.4 Å². The number of rotatable bonds is 3. The summed E-state index contributed by atoms with van der Waals surface area (Å²) in [7, 11) is 0. The number of allylic oxidation sites excluding steroid dienone is 1. The van der Waals surface area contributed by atoms with Crippen LogP contribution in [0.15, 0.2) is 140 Å². The van der Waals surface area contributed by atoms with E-state index >= 15 is 0 Å². The summed E-state index contributed by atoms with van der Waals surface area (Å²) >= 11 is 0. The van der Waals surface area contributed by atoms with E-state index in [1.165, 1.54) is 11.1 Å². The molecule has 234 valence electrons. The summed E-state index contributed by atoms with van der Waals surface area (Å²) < 4.78 is 6.54. The van der Waals surface area contributed by atoms with Gasteiger partial charge >= 0.3 is 0 Å². The smallest absolute Gasteiger partial charge is 0.164 e.